The van der Waals surface area contributed by atoms with Crippen LogP contribution < -0.4 is 0 Å². The molecule has 4 heteroatoms. The van der Waals surface area contributed by atoms with E-state index >= 15 is 0 Å². The number of hydrogen-bond donors (Lipinski definition) is 1. The highest BCUT2D eigenvalue weighted by molar-refractivity contribution is 6.00. The van der Waals surface area contributed by atoms with E-state index in [1.165, 1.54) is 22.1 Å². The minimum Gasteiger partial charge on any atom is -0.507 e. The van der Waals surface area contributed by atoms with Gasteiger partial charge in [-0.2, -0.15) is 0 Å². The van der Waals surface area contributed by atoms with Gasteiger partial charge in [-0.15, -0.1) is 0 Å². The predicted molar refractivity (Wildman–Crippen MR) is 183 cm³/mol. The van der Waals surface area contributed by atoms with Crippen molar-refractivity contribution in [2.75, 3.05) is 0 Å². The zero-order valence-electron chi connectivity index (χ0n) is 25.8. The summed E-state index contributed by atoms with van der Waals surface area (Å²) in [5, 5.41) is 12.1. The summed E-state index contributed by atoms with van der Waals surface area (Å²) in [5.41, 5.74) is 12.7. The van der Waals surface area contributed by atoms with Gasteiger partial charge in [0, 0.05) is 28.4 Å². The average molecular weight is 574 g/mol. The maximum absolute atomic E-state index is 10.9. The molecule has 2 heterocycles. The lowest BCUT2D eigenvalue weighted by Crippen LogP contribution is -2.11. The topological polar surface area (TPSA) is 50.9 Å². The second-order valence-corrected chi connectivity index (χ2v) is 12.6. The van der Waals surface area contributed by atoms with Crippen LogP contribution in [0.5, 0.6) is 5.75 Å². The number of fused-ring (bicyclic) bond motifs is 2. The minimum absolute atomic E-state index is 0.0469. The van der Waals surface area contributed by atoms with Crippen LogP contribution in [0.15, 0.2) is 115 Å². The summed E-state index contributed by atoms with van der Waals surface area (Å²) >= 11 is 0. The summed E-state index contributed by atoms with van der Waals surface area (Å²) in [6, 6.07) is 37.5. The summed E-state index contributed by atoms with van der Waals surface area (Å²) in [7, 11) is 0. The predicted octanol–water partition coefficient (Wildman–Crippen LogP) is 10.2. The Morgan fingerprint density at radius 3 is 2.02 bits per heavy atom. The lowest BCUT2D eigenvalue weighted by atomic mass is 9.87. The molecular formula is C40H35N3O. The van der Waals surface area contributed by atoms with E-state index in [2.05, 4.69) is 124 Å². The number of rotatable bonds is 4. The van der Waals surface area contributed by atoms with Crippen LogP contribution >= 0.6 is 0 Å². The van der Waals surface area contributed by atoms with Crippen LogP contribution in [-0.4, -0.2) is 19.6 Å². The van der Waals surface area contributed by atoms with Gasteiger partial charge >= 0.3 is 0 Å². The molecule has 1 N–H and O–H groups in total. The second kappa shape index (κ2) is 10.5. The molecule has 0 bridgehead atoms. The Kier molecular flexibility index (Phi) is 6.58. The first-order valence-electron chi connectivity index (χ1n) is 15.1. The van der Waals surface area contributed by atoms with Crippen molar-refractivity contribution in [3.8, 4) is 45.1 Å². The third kappa shape index (κ3) is 4.64. The molecule has 4 nitrogen and oxygen atoms in total. The second-order valence-electron chi connectivity index (χ2n) is 12.6. The Morgan fingerprint density at radius 2 is 1.30 bits per heavy atom. The zero-order valence-corrected chi connectivity index (χ0v) is 25.8. The number of benzene rings is 5. The van der Waals surface area contributed by atoms with E-state index in [9.17, 15) is 5.11 Å². The fourth-order valence-electron chi connectivity index (χ4n) is 6.27. The highest BCUT2D eigenvalue weighted by Crippen LogP contribution is 2.39. The number of phenols is 1. The number of hydrogen-bond acceptors (Lipinski definition) is 3. The van der Waals surface area contributed by atoms with Crippen LogP contribution in [0.4, 0.5) is 0 Å². The minimum atomic E-state index is 0.0469. The molecule has 44 heavy (non-hydrogen) atoms. The third-order valence-electron chi connectivity index (χ3n) is 8.61. The van der Waals surface area contributed by atoms with Crippen LogP contribution in [0, 0.1) is 13.8 Å². The summed E-state index contributed by atoms with van der Waals surface area (Å²) in [5.74, 6) is 0.905. The Balaban J connectivity index is 1.44. The van der Waals surface area contributed by atoms with Crippen LogP contribution in [0.1, 0.15) is 37.5 Å². The van der Waals surface area contributed by atoms with Gasteiger partial charge in [-0.05, 0) is 89.5 Å². The number of nitrogens with zero attached hydrogens (tertiary/aromatic N) is 3. The van der Waals surface area contributed by atoms with E-state index in [0.717, 1.165) is 44.5 Å². The summed E-state index contributed by atoms with van der Waals surface area (Å²) in [4.78, 5) is 10.0. The SMILES string of the molecule is Cc1ccnc2c(-c3cccc(-c4cccc5c4nc(-c4ccccc4O)n5-c4ccc(C(C)(C)C)cc4)c3)ccc(C)c12. The molecule has 0 radical (unpaired) electrons. The molecule has 5 aromatic carbocycles. The summed E-state index contributed by atoms with van der Waals surface area (Å²) < 4.78 is 2.16. The van der Waals surface area contributed by atoms with Gasteiger partial charge in [-0.25, -0.2) is 4.98 Å². The molecule has 0 spiro atoms. The van der Waals surface area contributed by atoms with Crippen LogP contribution in [0.2, 0.25) is 0 Å². The molecule has 0 aliphatic carbocycles. The maximum Gasteiger partial charge on any atom is 0.149 e. The number of aromatic nitrogens is 3. The average Bonchev–Trinajstić information content (AvgIpc) is 3.41. The zero-order chi connectivity index (χ0) is 30.6. The van der Waals surface area contributed by atoms with Crippen molar-refractivity contribution in [3.63, 3.8) is 0 Å². The molecule has 0 aliphatic rings. The molecule has 0 amide bonds. The monoisotopic (exact) mass is 573 g/mol. The van der Waals surface area contributed by atoms with E-state index in [4.69, 9.17) is 9.97 Å². The molecular weight excluding hydrogens is 538 g/mol. The van der Waals surface area contributed by atoms with E-state index < -0.39 is 0 Å². The highest BCUT2D eigenvalue weighted by Gasteiger charge is 2.21. The van der Waals surface area contributed by atoms with Crippen molar-refractivity contribution in [2.45, 2.75) is 40.0 Å². The van der Waals surface area contributed by atoms with Crippen molar-refractivity contribution in [2.24, 2.45) is 0 Å². The number of aryl methyl sites for hydroxylation is 2. The third-order valence-corrected chi connectivity index (χ3v) is 8.61. The number of pyridine rings is 1. The largest absolute Gasteiger partial charge is 0.507 e. The Morgan fingerprint density at radius 1 is 0.636 bits per heavy atom. The van der Waals surface area contributed by atoms with E-state index in [1.54, 1.807) is 6.07 Å². The van der Waals surface area contributed by atoms with Gasteiger partial charge in [0.25, 0.3) is 0 Å². The Labute approximate surface area is 258 Å². The molecule has 0 atom stereocenters. The lowest BCUT2D eigenvalue weighted by Gasteiger charge is -2.19. The van der Waals surface area contributed by atoms with Crippen LogP contribution in [0.3, 0.4) is 0 Å². The fourth-order valence-corrected chi connectivity index (χ4v) is 6.27. The van der Waals surface area contributed by atoms with E-state index in [1.807, 2.05) is 24.4 Å². The Bertz CT molecular complexity index is 2170. The normalized spacial score (nSPS) is 11.8. The smallest absolute Gasteiger partial charge is 0.149 e. The van der Waals surface area contributed by atoms with Crippen LogP contribution in [0.25, 0.3) is 61.3 Å². The molecule has 0 unspecified atom stereocenters. The summed E-state index contributed by atoms with van der Waals surface area (Å²) in [6.45, 7) is 11.0. The first kappa shape index (κ1) is 27.6. The lowest BCUT2D eigenvalue weighted by molar-refractivity contribution is 0.477. The molecule has 2 aromatic heterocycles. The van der Waals surface area contributed by atoms with Crippen molar-refractivity contribution in [1.82, 2.24) is 14.5 Å². The Hall–Kier alpha value is -5.22. The van der Waals surface area contributed by atoms with E-state index in [0.29, 0.717) is 11.4 Å². The molecule has 0 saturated heterocycles. The molecule has 7 rings (SSSR count). The first-order valence-corrected chi connectivity index (χ1v) is 15.1. The number of imidazole rings is 1. The molecule has 0 aliphatic heterocycles. The van der Waals surface area contributed by atoms with Gasteiger partial charge in [0.15, 0.2) is 0 Å². The van der Waals surface area contributed by atoms with E-state index in [-0.39, 0.29) is 11.2 Å². The molecule has 0 fully saturated rings. The molecule has 7 aromatic rings. The van der Waals surface area contributed by atoms with Gasteiger partial charge in [0.1, 0.15) is 11.6 Å². The van der Waals surface area contributed by atoms with Gasteiger partial charge in [0.05, 0.1) is 22.1 Å². The van der Waals surface area contributed by atoms with Gasteiger partial charge in [-0.3, -0.25) is 9.55 Å². The standard InChI is InChI=1S/C40H35N3O/c1-25-16-21-32(38-36(25)26(2)22-23-41-38)28-11-8-10-27(24-28)31-13-9-14-34-37(31)42-39(33-12-6-7-15-35(33)44)43(34)30-19-17-29(18-20-30)40(3,4)5/h6-24,44H,1-5H3. The number of phenolic OH excluding ortho intramolecular Hbond substituents is 1. The fraction of sp³-hybridized carbons (Fsp3) is 0.150. The summed E-state index contributed by atoms with van der Waals surface area (Å²) in [6.07, 6.45) is 1.90. The van der Waals surface area contributed by atoms with Gasteiger partial charge < -0.3 is 5.11 Å². The molecule has 216 valence electrons. The van der Waals surface area contributed by atoms with Crippen molar-refractivity contribution in [3.05, 3.63) is 132 Å². The van der Waals surface area contributed by atoms with Crippen LogP contribution in [-0.2, 0) is 5.41 Å². The van der Waals surface area contributed by atoms with Crippen molar-refractivity contribution >= 4 is 21.9 Å². The molecule has 0 saturated carbocycles. The quantitative estimate of drug-likeness (QED) is 0.228. The van der Waals surface area contributed by atoms with Gasteiger partial charge in [-0.1, -0.05) is 87.5 Å². The van der Waals surface area contributed by atoms with Crippen molar-refractivity contribution in [1.29, 1.82) is 0 Å². The number of aromatic hydroxyl groups is 1. The number of para-hydroxylation sites is 2. The highest BCUT2D eigenvalue weighted by atomic mass is 16.3. The van der Waals surface area contributed by atoms with Crippen molar-refractivity contribution < 1.29 is 5.11 Å². The van der Waals surface area contributed by atoms with Gasteiger partial charge in [0.2, 0.25) is 0 Å². The maximum atomic E-state index is 10.9. The first-order chi connectivity index (χ1) is 21.2.